The van der Waals surface area contributed by atoms with Crippen LogP contribution in [0.3, 0.4) is 0 Å². The molecule has 66 valence electrons. The Hall–Kier alpha value is -0.460. The molecule has 1 aromatic carbocycles. The Labute approximate surface area is 80.9 Å². The highest BCUT2D eigenvalue weighted by molar-refractivity contribution is 14.1. The van der Waals surface area contributed by atoms with Crippen LogP contribution in [0.2, 0.25) is 0 Å². The summed E-state index contributed by atoms with van der Waals surface area (Å²) in [5, 5.41) is 0. The van der Waals surface area contributed by atoms with Gasteiger partial charge in [0.15, 0.2) is 0 Å². The zero-order valence-corrected chi connectivity index (χ0v) is 7.98. The molecular formula is C7H5F3IN. The molecule has 1 rings (SSSR count). The Morgan fingerprint density at radius 1 is 1.33 bits per heavy atom. The third-order valence-corrected chi connectivity index (χ3v) is 2.22. The summed E-state index contributed by atoms with van der Waals surface area (Å²) < 4.78 is 37.4. The van der Waals surface area contributed by atoms with E-state index in [4.69, 9.17) is 5.73 Å². The van der Waals surface area contributed by atoms with E-state index in [0.717, 1.165) is 0 Å². The minimum Gasteiger partial charge on any atom is -0.398 e. The summed E-state index contributed by atoms with van der Waals surface area (Å²) in [6.07, 6.45) is -2.86. The third-order valence-electron chi connectivity index (χ3n) is 1.38. The molecule has 0 aromatic heterocycles. The van der Waals surface area contributed by atoms with E-state index in [1.165, 1.54) is 12.1 Å². The number of hydrogen-bond acceptors (Lipinski definition) is 1. The number of anilines is 1. The third kappa shape index (κ3) is 1.65. The molecule has 0 aliphatic rings. The molecule has 1 aromatic rings. The monoisotopic (exact) mass is 287 g/mol. The van der Waals surface area contributed by atoms with Crippen molar-refractivity contribution in [1.29, 1.82) is 0 Å². The van der Waals surface area contributed by atoms with E-state index in [2.05, 4.69) is 0 Å². The van der Waals surface area contributed by atoms with E-state index in [9.17, 15) is 13.2 Å². The number of alkyl halides is 2. The van der Waals surface area contributed by atoms with Gasteiger partial charge >= 0.3 is 0 Å². The van der Waals surface area contributed by atoms with Crippen molar-refractivity contribution in [3.05, 3.63) is 27.1 Å². The molecule has 0 heterocycles. The van der Waals surface area contributed by atoms with Crippen LogP contribution in [0, 0.1) is 9.39 Å². The lowest BCUT2D eigenvalue weighted by atomic mass is 10.2. The minimum absolute atomic E-state index is 0.150. The van der Waals surface area contributed by atoms with Crippen LogP contribution in [0.5, 0.6) is 0 Å². The zero-order chi connectivity index (χ0) is 9.30. The Morgan fingerprint density at radius 3 is 2.33 bits per heavy atom. The standard InChI is InChI=1S/C7H5F3IN/c8-6-3(11)1-2-4(12)5(6)7(9)10/h1-2,7H,12H2. The van der Waals surface area contributed by atoms with Crippen molar-refractivity contribution < 1.29 is 13.2 Å². The van der Waals surface area contributed by atoms with Gasteiger partial charge in [-0.3, -0.25) is 0 Å². The smallest absolute Gasteiger partial charge is 0.268 e. The second-order valence-electron chi connectivity index (χ2n) is 2.16. The summed E-state index contributed by atoms with van der Waals surface area (Å²) in [5.41, 5.74) is 4.26. The Kier molecular flexibility index (Phi) is 2.81. The molecule has 2 N–H and O–H groups in total. The minimum atomic E-state index is -2.86. The molecule has 0 radical (unpaired) electrons. The summed E-state index contributed by atoms with van der Waals surface area (Å²) in [5.74, 6) is -0.925. The van der Waals surface area contributed by atoms with Crippen LogP contribution in [0.25, 0.3) is 0 Å². The number of benzene rings is 1. The van der Waals surface area contributed by atoms with E-state index >= 15 is 0 Å². The lowest BCUT2D eigenvalue weighted by molar-refractivity contribution is 0.147. The van der Waals surface area contributed by atoms with E-state index < -0.39 is 17.8 Å². The van der Waals surface area contributed by atoms with Gasteiger partial charge in [-0.15, -0.1) is 0 Å². The highest BCUT2D eigenvalue weighted by Crippen LogP contribution is 2.29. The number of halogens is 4. The molecule has 12 heavy (non-hydrogen) atoms. The first kappa shape index (κ1) is 9.63. The zero-order valence-electron chi connectivity index (χ0n) is 5.82. The topological polar surface area (TPSA) is 26.0 Å². The van der Waals surface area contributed by atoms with E-state index in [0.29, 0.717) is 0 Å². The second-order valence-corrected chi connectivity index (χ2v) is 3.33. The molecule has 1 nitrogen and oxygen atoms in total. The summed E-state index contributed by atoms with van der Waals surface area (Å²) in [4.78, 5) is 0. The fraction of sp³-hybridized carbons (Fsp3) is 0.143. The van der Waals surface area contributed by atoms with Crippen LogP contribution < -0.4 is 5.73 Å². The fourth-order valence-electron chi connectivity index (χ4n) is 0.803. The average Bonchev–Trinajstić information content (AvgIpc) is 1.97. The molecule has 0 aliphatic carbocycles. The van der Waals surface area contributed by atoms with Crippen LogP contribution in [-0.4, -0.2) is 0 Å². The van der Waals surface area contributed by atoms with Gasteiger partial charge in [-0.1, -0.05) is 0 Å². The molecular weight excluding hydrogens is 282 g/mol. The molecule has 0 aliphatic heterocycles. The average molecular weight is 287 g/mol. The highest BCUT2D eigenvalue weighted by Gasteiger charge is 2.18. The van der Waals surface area contributed by atoms with Gasteiger partial charge in [0, 0.05) is 9.26 Å². The lowest BCUT2D eigenvalue weighted by Crippen LogP contribution is -2.00. The molecule has 0 saturated heterocycles. The Morgan fingerprint density at radius 2 is 1.92 bits per heavy atom. The second kappa shape index (κ2) is 3.51. The first-order valence-electron chi connectivity index (χ1n) is 3.05. The number of rotatable bonds is 1. The molecule has 5 heteroatoms. The van der Waals surface area contributed by atoms with Crippen LogP contribution in [0.15, 0.2) is 12.1 Å². The van der Waals surface area contributed by atoms with Crippen molar-refractivity contribution in [3.63, 3.8) is 0 Å². The van der Waals surface area contributed by atoms with Gasteiger partial charge in [0.25, 0.3) is 6.43 Å². The maximum Gasteiger partial charge on any atom is 0.268 e. The summed E-state index contributed by atoms with van der Waals surface area (Å²) in [6.45, 7) is 0. The summed E-state index contributed by atoms with van der Waals surface area (Å²) >= 11 is 1.64. The fourth-order valence-corrected chi connectivity index (χ4v) is 1.27. The Bertz CT molecular complexity index is 301. The molecule has 0 fully saturated rings. The SMILES string of the molecule is Nc1ccc(I)c(F)c1C(F)F. The molecule has 0 bridgehead atoms. The van der Waals surface area contributed by atoms with E-state index in [1.807, 2.05) is 0 Å². The van der Waals surface area contributed by atoms with E-state index in [-0.39, 0.29) is 9.26 Å². The van der Waals surface area contributed by atoms with Gasteiger partial charge in [0.1, 0.15) is 5.82 Å². The predicted molar refractivity (Wildman–Crippen MR) is 48.5 cm³/mol. The number of nitrogens with two attached hydrogens (primary N) is 1. The molecule has 0 amide bonds. The number of nitrogen functional groups attached to an aromatic ring is 1. The maximum atomic E-state index is 12.9. The first-order valence-corrected chi connectivity index (χ1v) is 4.13. The summed E-state index contributed by atoms with van der Waals surface area (Å²) in [7, 11) is 0. The van der Waals surface area contributed by atoms with Crippen LogP contribution >= 0.6 is 22.6 Å². The van der Waals surface area contributed by atoms with Gasteiger partial charge in [0.2, 0.25) is 0 Å². The highest BCUT2D eigenvalue weighted by atomic mass is 127. The quantitative estimate of drug-likeness (QED) is 0.623. The van der Waals surface area contributed by atoms with Gasteiger partial charge in [-0.25, -0.2) is 13.2 Å². The number of hydrogen-bond donors (Lipinski definition) is 1. The van der Waals surface area contributed by atoms with Gasteiger partial charge in [-0.2, -0.15) is 0 Å². The van der Waals surface area contributed by atoms with Gasteiger partial charge < -0.3 is 5.73 Å². The normalized spacial score (nSPS) is 10.8. The van der Waals surface area contributed by atoms with Crippen LogP contribution in [-0.2, 0) is 0 Å². The first-order chi connectivity index (χ1) is 5.54. The maximum absolute atomic E-state index is 12.9. The van der Waals surface area contributed by atoms with Crippen LogP contribution in [0.4, 0.5) is 18.9 Å². The van der Waals surface area contributed by atoms with Crippen molar-refractivity contribution >= 4 is 28.3 Å². The molecule has 0 spiro atoms. The molecule has 0 atom stereocenters. The van der Waals surface area contributed by atoms with Crippen molar-refractivity contribution in [2.45, 2.75) is 6.43 Å². The lowest BCUT2D eigenvalue weighted by Gasteiger charge is -2.06. The van der Waals surface area contributed by atoms with Crippen molar-refractivity contribution in [2.24, 2.45) is 0 Å². The van der Waals surface area contributed by atoms with Crippen molar-refractivity contribution in [2.75, 3.05) is 5.73 Å². The molecule has 0 saturated carbocycles. The van der Waals surface area contributed by atoms with Crippen LogP contribution in [0.1, 0.15) is 12.0 Å². The summed E-state index contributed by atoms with van der Waals surface area (Å²) in [6, 6.07) is 2.63. The largest absolute Gasteiger partial charge is 0.398 e. The Balaban J connectivity index is 3.33. The van der Waals surface area contributed by atoms with Gasteiger partial charge in [-0.05, 0) is 34.7 Å². The van der Waals surface area contributed by atoms with Gasteiger partial charge in [0.05, 0.1) is 5.56 Å². The van der Waals surface area contributed by atoms with E-state index in [1.54, 1.807) is 22.6 Å². The van der Waals surface area contributed by atoms with Crippen molar-refractivity contribution in [3.8, 4) is 0 Å². The molecule has 0 unspecified atom stereocenters. The predicted octanol–water partition coefficient (Wildman–Crippen LogP) is 2.95. The van der Waals surface area contributed by atoms with Crippen molar-refractivity contribution in [1.82, 2.24) is 0 Å².